The molecular weight excluding hydrogens is 621 g/mol. The number of rotatable bonds is 5. The van der Waals surface area contributed by atoms with E-state index in [2.05, 4.69) is 162 Å². The van der Waals surface area contributed by atoms with Crippen molar-refractivity contribution in [3.8, 4) is 22.4 Å². The predicted octanol–water partition coefficient (Wildman–Crippen LogP) is 10.9. The summed E-state index contributed by atoms with van der Waals surface area (Å²) in [5.74, 6) is 0.542. The first-order chi connectivity index (χ1) is 23.8. The molecule has 0 saturated heterocycles. The number of pyridine rings is 1. The van der Waals surface area contributed by atoms with Gasteiger partial charge < -0.3 is 4.90 Å². The standard InChI is InChI=1S/C47H53N2Si/c1-10-46-28-35(36-27-30-19-15-20-32-38(30)42-34(44(32,3)4)21-16-25-48(36)42)47(46,11-2)33-23-22-31(29-17-13-12-14-18-29)40-39(33)43-41(45(40,5)6)37(50(7,8)9)24-26-49(43)46/h12-26,35-36,43H,10-11,27-28H2,1-9H3/q+1. The fourth-order valence-electron chi connectivity index (χ4n) is 13.1. The van der Waals surface area contributed by atoms with Gasteiger partial charge in [-0.1, -0.05) is 127 Å². The van der Waals surface area contributed by atoms with Crippen LogP contribution < -0.4 is 4.57 Å². The zero-order valence-electron chi connectivity index (χ0n) is 31.6. The molecule has 3 aromatic carbocycles. The molecule has 0 bridgehead atoms. The maximum Gasteiger partial charge on any atom is 0.217 e. The lowest BCUT2D eigenvalue weighted by molar-refractivity contribution is -0.727. The molecule has 5 atom stereocenters. The van der Waals surface area contributed by atoms with Gasteiger partial charge in [-0.15, -0.1) is 0 Å². The van der Waals surface area contributed by atoms with Gasteiger partial charge in [-0.2, -0.15) is 4.57 Å². The number of nitrogens with zero attached hydrogens (tertiary/aromatic N) is 2. The fourth-order valence-corrected chi connectivity index (χ4v) is 15.0. The van der Waals surface area contributed by atoms with Crippen LogP contribution in [0.5, 0.6) is 0 Å². The molecule has 3 aliphatic heterocycles. The predicted molar refractivity (Wildman–Crippen MR) is 209 cm³/mol. The summed E-state index contributed by atoms with van der Waals surface area (Å²) in [5, 5.41) is 1.67. The van der Waals surface area contributed by atoms with E-state index in [0.29, 0.717) is 18.0 Å². The Morgan fingerprint density at radius 1 is 0.800 bits per heavy atom. The summed E-state index contributed by atoms with van der Waals surface area (Å²) in [5.41, 5.74) is 17.2. The Bertz CT molecular complexity index is 2210. The Hall–Kier alpha value is -3.69. The van der Waals surface area contributed by atoms with E-state index in [1.807, 2.05) is 0 Å². The van der Waals surface area contributed by atoms with Crippen LogP contribution in [0.25, 0.3) is 22.4 Å². The number of allylic oxidation sites excluding steroid dienone is 2. The summed E-state index contributed by atoms with van der Waals surface area (Å²) in [7, 11) is -1.64. The van der Waals surface area contributed by atoms with Crippen LogP contribution in [-0.2, 0) is 22.7 Å². The van der Waals surface area contributed by atoms with Crippen LogP contribution in [0.1, 0.15) is 106 Å². The lowest BCUT2D eigenvalue weighted by Gasteiger charge is -2.73. The quantitative estimate of drug-likeness (QED) is 0.151. The van der Waals surface area contributed by atoms with Crippen molar-refractivity contribution in [1.29, 1.82) is 0 Å². The van der Waals surface area contributed by atoms with Crippen LogP contribution in [-0.4, -0.2) is 18.5 Å². The van der Waals surface area contributed by atoms with Crippen molar-refractivity contribution in [3.05, 3.63) is 135 Å². The number of hydrogen-bond acceptors (Lipinski definition) is 1. The molecule has 5 unspecified atom stereocenters. The molecule has 4 heterocycles. The molecule has 0 N–H and O–H groups in total. The summed E-state index contributed by atoms with van der Waals surface area (Å²) >= 11 is 0. The SMILES string of the molecule is CCC12c3ccc(-c4ccccc4)c4c3C3C(=C([Si](C)(C)C)C=CN3C1(CC)CC2C1Cc2cccc3c2-c2c(ccc[n+]21)C3(C)C)C4(C)C. The van der Waals surface area contributed by atoms with E-state index in [9.17, 15) is 0 Å². The third-order valence-corrected chi connectivity index (χ3v) is 17.2. The van der Waals surface area contributed by atoms with Crippen molar-refractivity contribution in [2.45, 2.75) is 121 Å². The molecule has 3 aliphatic carbocycles. The minimum Gasteiger partial charge on any atom is -0.360 e. The Balaban J connectivity index is 1.25. The minimum absolute atomic E-state index is 0.0287. The zero-order chi connectivity index (χ0) is 34.7. The average Bonchev–Trinajstić information content (AvgIpc) is 3.49. The van der Waals surface area contributed by atoms with Crippen LogP contribution in [0.15, 0.2) is 102 Å². The van der Waals surface area contributed by atoms with Crippen LogP contribution in [0, 0.1) is 5.92 Å². The summed E-state index contributed by atoms with van der Waals surface area (Å²) in [6.45, 7) is 22.7. The second kappa shape index (κ2) is 9.59. The van der Waals surface area contributed by atoms with Gasteiger partial charge in [0.05, 0.1) is 25.2 Å². The largest absolute Gasteiger partial charge is 0.360 e. The van der Waals surface area contributed by atoms with Gasteiger partial charge in [0.15, 0.2) is 12.2 Å². The van der Waals surface area contributed by atoms with Gasteiger partial charge in [-0.05, 0) is 75.9 Å². The number of fused-ring (bicyclic) bond motifs is 3. The smallest absolute Gasteiger partial charge is 0.217 e. The Kier molecular flexibility index (Phi) is 5.96. The van der Waals surface area contributed by atoms with Gasteiger partial charge in [0, 0.05) is 46.4 Å². The molecule has 254 valence electrons. The zero-order valence-corrected chi connectivity index (χ0v) is 32.6. The third-order valence-electron chi connectivity index (χ3n) is 15.1. The van der Waals surface area contributed by atoms with Crippen LogP contribution in [0.2, 0.25) is 19.6 Å². The van der Waals surface area contributed by atoms with Crippen molar-refractivity contribution in [2.75, 3.05) is 0 Å². The molecule has 1 saturated carbocycles. The molecule has 3 heteroatoms. The van der Waals surface area contributed by atoms with E-state index in [4.69, 9.17) is 0 Å². The van der Waals surface area contributed by atoms with E-state index in [0.717, 1.165) is 12.8 Å². The molecule has 50 heavy (non-hydrogen) atoms. The first-order valence-electron chi connectivity index (χ1n) is 19.5. The van der Waals surface area contributed by atoms with Gasteiger partial charge in [0.25, 0.3) is 0 Å². The van der Waals surface area contributed by atoms with Crippen LogP contribution in [0.3, 0.4) is 0 Å². The van der Waals surface area contributed by atoms with Crippen LogP contribution in [0.4, 0.5) is 0 Å². The van der Waals surface area contributed by atoms with Crippen LogP contribution >= 0.6 is 0 Å². The minimum atomic E-state index is -1.64. The van der Waals surface area contributed by atoms with Crippen molar-refractivity contribution >= 4 is 8.07 Å². The van der Waals surface area contributed by atoms with Gasteiger partial charge in [0.1, 0.15) is 0 Å². The summed E-state index contributed by atoms with van der Waals surface area (Å²) in [6, 6.07) is 29.2. The number of benzene rings is 3. The molecule has 2 nitrogen and oxygen atoms in total. The van der Waals surface area contributed by atoms with E-state index in [-0.39, 0.29) is 21.8 Å². The molecule has 0 spiro atoms. The van der Waals surface area contributed by atoms with E-state index in [1.54, 1.807) is 33.0 Å². The average molecular weight is 674 g/mol. The van der Waals surface area contributed by atoms with Gasteiger partial charge >= 0.3 is 0 Å². The monoisotopic (exact) mass is 673 g/mol. The fraction of sp³-hybridized carbons (Fsp3) is 0.426. The first kappa shape index (κ1) is 31.1. The topological polar surface area (TPSA) is 7.12 Å². The summed E-state index contributed by atoms with van der Waals surface area (Å²) in [4.78, 5) is 2.96. The second-order valence-electron chi connectivity index (χ2n) is 18.6. The first-order valence-corrected chi connectivity index (χ1v) is 23.0. The van der Waals surface area contributed by atoms with Gasteiger partial charge in [-0.25, -0.2) is 0 Å². The highest BCUT2D eigenvalue weighted by Crippen LogP contribution is 2.75. The Morgan fingerprint density at radius 2 is 1.56 bits per heavy atom. The number of aromatic nitrogens is 1. The normalized spacial score (nSPS) is 29.8. The summed E-state index contributed by atoms with van der Waals surface area (Å²) in [6.07, 6.45) is 12.3. The highest BCUT2D eigenvalue weighted by Gasteiger charge is 2.75. The maximum atomic E-state index is 2.96. The highest BCUT2D eigenvalue weighted by atomic mass is 28.3. The Morgan fingerprint density at radius 3 is 2.28 bits per heavy atom. The molecule has 0 radical (unpaired) electrons. The van der Waals surface area contributed by atoms with Crippen molar-refractivity contribution in [3.63, 3.8) is 0 Å². The molecule has 1 aromatic heterocycles. The van der Waals surface area contributed by atoms with Gasteiger partial charge in [-0.3, -0.25) is 0 Å². The molecular formula is C47H53N2Si+. The van der Waals surface area contributed by atoms with Gasteiger partial charge in [0.2, 0.25) is 5.69 Å². The third kappa shape index (κ3) is 3.32. The maximum absolute atomic E-state index is 2.96. The Labute approximate surface area is 301 Å². The molecule has 1 fully saturated rings. The van der Waals surface area contributed by atoms with E-state index >= 15 is 0 Å². The van der Waals surface area contributed by atoms with Crippen molar-refractivity contribution in [1.82, 2.24) is 4.90 Å². The molecule has 6 aliphatic rings. The number of hydrogen-bond donors (Lipinski definition) is 0. The lowest BCUT2D eigenvalue weighted by atomic mass is 9.39. The molecule has 10 rings (SSSR count). The second-order valence-corrected chi connectivity index (χ2v) is 23.6. The lowest BCUT2D eigenvalue weighted by Crippen LogP contribution is -2.78. The van der Waals surface area contributed by atoms with E-state index < -0.39 is 8.07 Å². The molecule has 4 aromatic rings. The highest BCUT2D eigenvalue weighted by molar-refractivity contribution is 6.84. The summed E-state index contributed by atoms with van der Waals surface area (Å²) < 4.78 is 2.77. The van der Waals surface area contributed by atoms with Crippen molar-refractivity contribution in [2.24, 2.45) is 5.92 Å². The van der Waals surface area contributed by atoms with Crippen molar-refractivity contribution < 1.29 is 4.57 Å². The van der Waals surface area contributed by atoms with E-state index in [1.165, 1.54) is 46.4 Å². The molecule has 0 amide bonds.